The van der Waals surface area contributed by atoms with E-state index in [4.69, 9.17) is 5.73 Å². The number of rotatable bonds is 6. The summed E-state index contributed by atoms with van der Waals surface area (Å²) in [4.78, 5) is 8.13. The summed E-state index contributed by atoms with van der Waals surface area (Å²) in [6, 6.07) is 6.85. The number of nitrogens with one attached hydrogen (secondary N) is 1. The number of halogens is 1. The van der Waals surface area contributed by atoms with Crippen LogP contribution in [0.5, 0.6) is 5.75 Å². The minimum absolute atomic E-state index is 0.0556. The molecule has 7 N–H and O–H groups in total. The zero-order valence-corrected chi connectivity index (χ0v) is 20.8. The lowest BCUT2D eigenvalue weighted by Crippen LogP contribution is -2.08. The quantitative estimate of drug-likeness (QED) is 0.138. The monoisotopic (exact) mass is 587 g/mol. The number of hydrogen-bond acceptors (Lipinski definition) is 12. The van der Waals surface area contributed by atoms with Gasteiger partial charge in [0.05, 0.1) is 16.1 Å². The summed E-state index contributed by atoms with van der Waals surface area (Å²) in [5.41, 5.74) is 4.22. The van der Waals surface area contributed by atoms with E-state index in [0.717, 1.165) is 24.3 Å². The lowest BCUT2D eigenvalue weighted by atomic mass is 10.0. The number of benzene rings is 3. The normalized spacial score (nSPS) is 12.5. The van der Waals surface area contributed by atoms with Crippen LogP contribution in [0.4, 0.5) is 21.7 Å². The molecule has 0 saturated carbocycles. The molecule has 4 aromatic rings. The first-order chi connectivity index (χ1) is 17.4. The number of hydrogen-bond donors (Lipinski definition) is 6. The third-order valence-corrected chi connectivity index (χ3v) is 7.62. The predicted octanol–water partition coefficient (Wildman–Crippen LogP) is 1.60. The summed E-state index contributed by atoms with van der Waals surface area (Å²) in [5, 5.41) is 12.7. The van der Waals surface area contributed by atoms with Crippen molar-refractivity contribution in [1.82, 2.24) is 15.0 Å². The number of nitrogens with zero attached hydrogens (tertiary/aromatic N) is 3. The summed E-state index contributed by atoms with van der Waals surface area (Å²) in [5.74, 6) is -2.40. The highest BCUT2D eigenvalue weighted by Crippen LogP contribution is 2.42. The average Bonchev–Trinajstić information content (AvgIpc) is 2.77. The smallest absolute Gasteiger partial charge is 0.313 e. The Labute approximate surface area is 213 Å². The van der Waals surface area contributed by atoms with Crippen molar-refractivity contribution in [2.24, 2.45) is 0 Å². The Bertz CT molecular complexity index is 1970. The Morgan fingerprint density at radius 2 is 1.45 bits per heavy atom. The van der Waals surface area contributed by atoms with Crippen molar-refractivity contribution in [2.45, 2.75) is 14.7 Å². The molecule has 0 amide bonds. The number of nitrogens with two attached hydrogens (primary N) is 1. The lowest BCUT2D eigenvalue weighted by Gasteiger charge is -2.14. The number of phenols is 1. The third-order valence-electron chi connectivity index (χ3n) is 4.98. The second-order valence-electron chi connectivity index (χ2n) is 7.54. The highest BCUT2D eigenvalue weighted by Gasteiger charge is 2.27. The highest BCUT2D eigenvalue weighted by atomic mass is 32.2. The second kappa shape index (κ2) is 9.08. The van der Waals surface area contributed by atoms with Crippen LogP contribution < -0.4 is 11.1 Å². The maximum atomic E-state index is 14.4. The van der Waals surface area contributed by atoms with Crippen LogP contribution in [-0.2, 0) is 30.4 Å². The number of fused-ring (bicyclic) bond motifs is 1. The molecule has 0 fully saturated rings. The zero-order valence-electron chi connectivity index (χ0n) is 18.3. The Morgan fingerprint density at radius 3 is 2.05 bits per heavy atom. The van der Waals surface area contributed by atoms with E-state index in [9.17, 15) is 48.4 Å². The molecule has 1 aromatic heterocycles. The van der Waals surface area contributed by atoms with Crippen molar-refractivity contribution in [3.05, 3.63) is 48.5 Å². The molecular formula is C19H14FN5O10S3. The molecule has 200 valence electrons. The maximum Gasteiger partial charge on any atom is 0.313 e. The van der Waals surface area contributed by atoms with Crippen LogP contribution >= 0.6 is 0 Å². The fraction of sp³-hybridized carbons (Fsp3) is 0. The number of aromatic hydroxyl groups is 1. The molecule has 0 atom stereocenters. The predicted molar refractivity (Wildman–Crippen MR) is 128 cm³/mol. The van der Waals surface area contributed by atoms with Gasteiger partial charge >= 0.3 is 6.08 Å². The molecule has 0 saturated heterocycles. The van der Waals surface area contributed by atoms with Gasteiger partial charge < -0.3 is 16.2 Å². The summed E-state index contributed by atoms with van der Waals surface area (Å²) in [6.07, 6.45) is -1.49. The first-order valence-corrected chi connectivity index (χ1v) is 14.1. The van der Waals surface area contributed by atoms with Gasteiger partial charge in [-0.1, -0.05) is 6.07 Å². The fourth-order valence-corrected chi connectivity index (χ4v) is 5.31. The lowest BCUT2D eigenvalue weighted by molar-refractivity contribution is 0.471. The zero-order chi connectivity index (χ0) is 28.2. The van der Waals surface area contributed by atoms with E-state index < -0.39 is 79.9 Å². The van der Waals surface area contributed by atoms with Gasteiger partial charge in [0.1, 0.15) is 15.5 Å². The van der Waals surface area contributed by atoms with Crippen molar-refractivity contribution in [3.63, 3.8) is 0 Å². The molecule has 0 radical (unpaired) electrons. The van der Waals surface area contributed by atoms with Gasteiger partial charge in [0.2, 0.25) is 5.95 Å². The number of phenolic OH excluding ortho intramolecular Hbond substituents is 1. The molecular weight excluding hydrogens is 573 g/mol. The standard InChI is InChI=1S/C19H14FN5O10S3/c20-18-23-17(24-19(25-18)22-9-2-1-3-10(6-9)36(27,28)29)15-14(38(33,34)35)5-8-4-13(37(30,31)32)12(21)7-11(8)16(15)26/h1-7,26H,21H2,(H,27,28,29)(H,30,31,32)(H,33,34,35)(H,22,23,24,25). The summed E-state index contributed by atoms with van der Waals surface area (Å²) < 4.78 is 113. The first kappa shape index (κ1) is 27.0. The van der Waals surface area contributed by atoms with Gasteiger partial charge in [-0.25, -0.2) is 0 Å². The number of anilines is 3. The van der Waals surface area contributed by atoms with Crippen LogP contribution in [0.3, 0.4) is 0 Å². The Kier molecular flexibility index (Phi) is 6.46. The van der Waals surface area contributed by atoms with Crippen molar-refractivity contribution < 1.29 is 48.4 Å². The molecule has 0 aliphatic carbocycles. The number of aromatic nitrogens is 3. The van der Waals surface area contributed by atoms with Crippen molar-refractivity contribution in [3.8, 4) is 17.1 Å². The molecule has 3 aromatic carbocycles. The Balaban J connectivity index is 1.96. The molecule has 38 heavy (non-hydrogen) atoms. The van der Waals surface area contributed by atoms with E-state index in [1.807, 2.05) is 0 Å². The van der Waals surface area contributed by atoms with Gasteiger partial charge in [0, 0.05) is 11.1 Å². The van der Waals surface area contributed by atoms with Gasteiger partial charge in [-0.3, -0.25) is 13.7 Å². The van der Waals surface area contributed by atoms with Crippen molar-refractivity contribution >= 4 is 58.4 Å². The van der Waals surface area contributed by atoms with Gasteiger partial charge in [0.25, 0.3) is 30.4 Å². The average molecular weight is 588 g/mol. The molecule has 0 aliphatic rings. The molecule has 19 heteroatoms. The molecule has 0 spiro atoms. The van der Waals surface area contributed by atoms with E-state index in [1.165, 1.54) is 12.1 Å². The van der Waals surface area contributed by atoms with Crippen molar-refractivity contribution in [2.75, 3.05) is 11.1 Å². The second-order valence-corrected chi connectivity index (χ2v) is 11.7. The van der Waals surface area contributed by atoms with Gasteiger partial charge in [-0.2, -0.15) is 44.6 Å². The number of nitrogen functional groups attached to an aromatic ring is 1. The Morgan fingerprint density at radius 1 is 0.816 bits per heavy atom. The summed E-state index contributed by atoms with van der Waals surface area (Å²) in [6.45, 7) is 0. The van der Waals surface area contributed by atoms with Gasteiger partial charge in [-0.15, -0.1) is 0 Å². The SMILES string of the molecule is Nc1cc2c(O)c(-c3nc(F)nc(Nc4cccc(S(=O)(=O)O)c4)n3)c(S(=O)(=O)O)cc2cc1S(=O)(=O)O. The minimum Gasteiger partial charge on any atom is -0.506 e. The molecule has 0 unspecified atom stereocenters. The van der Waals surface area contributed by atoms with E-state index in [1.54, 1.807) is 0 Å². The van der Waals surface area contributed by atoms with Crippen LogP contribution in [-0.4, -0.2) is 59.0 Å². The van der Waals surface area contributed by atoms with E-state index in [-0.39, 0.29) is 16.5 Å². The molecule has 15 nitrogen and oxygen atoms in total. The topological polar surface area (TPSA) is 260 Å². The van der Waals surface area contributed by atoms with E-state index in [0.29, 0.717) is 6.07 Å². The fourth-order valence-electron chi connectivity index (χ4n) is 3.43. The maximum absolute atomic E-state index is 14.4. The first-order valence-electron chi connectivity index (χ1n) is 9.76. The molecule has 1 heterocycles. The van der Waals surface area contributed by atoms with Crippen LogP contribution in [0.2, 0.25) is 0 Å². The van der Waals surface area contributed by atoms with Crippen LogP contribution in [0.25, 0.3) is 22.2 Å². The summed E-state index contributed by atoms with van der Waals surface area (Å²) in [7, 11) is -14.7. The largest absolute Gasteiger partial charge is 0.506 e. The summed E-state index contributed by atoms with van der Waals surface area (Å²) >= 11 is 0. The third kappa shape index (κ3) is 5.32. The molecule has 0 aliphatic heterocycles. The Hall–Kier alpha value is -4.01. The van der Waals surface area contributed by atoms with Gasteiger partial charge in [0.15, 0.2) is 5.82 Å². The van der Waals surface area contributed by atoms with Crippen LogP contribution in [0.1, 0.15) is 0 Å². The van der Waals surface area contributed by atoms with Crippen molar-refractivity contribution in [1.29, 1.82) is 0 Å². The minimum atomic E-state index is -5.20. The van der Waals surface area contributed by atoms with E-state index in [2.05, 4.69) is 20.3 Å². The van der Waals surface area contributed by atoms with Gasteiger partial charge in [-0.05, 0) is 41.8 Å². The van der Waals surface area contributed by atoms with Crippen LogP contribution in [0, 0.1) is 6.08 Å². The highest BCUT2D eigenvalue weighted by molar-refractivity contribution is 7.86. The van der Waals surface area contributed by atoms with E-state index >= 15 is 0 Å². The van der Waals surface area contributed by atoms with Crippen LogP contribution in [0.15, 0.2) is 57.2 Å². The molecule has 0 bridgehead atoms. The molecule has 4 rings (SSSR count).